The van der Waals surface area contributed by atoms with Crippen molar-refractivity contribution < 1.29 is 23.7 Å². The number of hydrogen-bond acceptors (Lipinski definition) is 7. The lowest BCUT2D eigenvalue weighted by Gasteiger charge is -2.12. The average Bonchev–Trinajstić information content (AvgIpc) is 3.35. The fraction of sp³-hybridized carbons (Fsp3) is 0.160. The van der Waals surface area contributed by atoms with Gasteiger partial charge in [-0.2, -0.15) is 4.98 Å². The number of anilines is 1. The summed E-state index contributed by atoms with van der Waals surface area (Å²) in [4.78, 5) is 17.2. The molecule has 1 aromatic heterocycles. The van der Waals surface area contributed by atoms with Crippen molar-refractivity contribution in [2.45, 2.75) is 6.61 Å². The number of ether oxygens (including phenoxy) is 4. The number of halogens is 1. The second-order valence-corrected chi connectivity index (χ2v) is 7.68. The molecule has 4 rings (SSSR count). The van der Waals surface area contributed by atoms with E-state index in [0.717, 1.165) is 5.56 Å². The molecule has 0 radical (unpaired) electrons. The molecule has 0 saturated carbocycles. The standard InChI is InChI=1S/C25H23ClN4O5/c1-32-17-9-10-18(21(13-17)33-2)23-27-25(30-29-23)28-24(31)15-8-11-20(22(12-15)34-3)35-14-16-6-4-5-7-19(16)26/h4-13H,14H2,1-3H3,(H2,27,28,29,30,31). The van der Waals surface area contributed by atoms with Crippen LogP contribution in [0.4, 0.5) is 5.95 Å². The van der Waals surface area contributed by atoms with E-state index < -0.39 is 5.91 Å². The van der Waals surface area contributed by atoms with Gasteiger partial charge in [0, 0.05) is 22.2 Å². The maximum Gasteiger partial charge on any atom is 0.258 e. The van der Waals surface area contributed by atoms with E-state index in [-0.39, 0.29) is 12.6 Å². The number of aromatic amines is 1. The number of nitrogens with one attached hydrogen (secondary N) is 2. The molecule has 180 valence electrons. The third kappa shape index (κ3) is 5.47. The fourth-order valence-corrected chi connectivity index (χ4v) is 3.50. The van der Waals surface area contributed by atoms with E-state index in [0.29, 0.717) is 45.0 Å². The van der Waals surface area contributed by atoms with Crippen LogP contribution < -0.4 is 24.3 Å². The Morgan fingerprint density at radius 2 is 1.74 bits per heavy atom. The van der Waals surface area contributed by atoms with Crippen LogP contribution >= 0.6 is 11.6 Å². The number of H-pyrrole nitrogens is 1. The molecule has 0 atom stereocenters. The van der Waals surface area contributed by atoms with Gasteiger partial charge in [0.25, 0.3) is 5.91 Å². The first kappa shape index (κ1) is 23.9. The molecular weight excluding hydrogens is 472 g/mol. The van der Waals surface area contributed by atoms with Crippen LogP contribution in [0.25, 0.3) is 11.4 Å². The molecule has 0 unspecified atom stereocenters. The van der Waals surface area contributed by atoms with Crippen molar-refractivity contribution in [2.75, 3.05) is 26.6 Å². The van der Waals surface area contributed by atoms with E-state index in [2.05, 4.69) is 20.5 Å². The van der Waals surface area contributed by atoms with Gasteiger partial charge in [-0.1, -0.05) is 29.8 Å². The van der Waals surface area contributed by atoms with Crippen LogP contribution in [0.2, 0.25) is 5.02 Å². The van der Waals surface area contributed by atoms with Crippen LogP contribution in [-0.2, 0) is 6.61 Å². The zero-order valence-electron chi connectivity index (χ0n) is 19.3. The molecule has 9 nitrogen and oxygen atoms in total. The van der Waals surface area contributed by atoms with Crippen molar-refractivity contribution in [3.8, 4) is 34.4 Å². The lowest BCUT2D eigenvalue weighted by Crippen LogP contribution is -2.13. The van der Waals surface area contributed by atoms with Gasteiger partial charge in [0.2, 0.25) is 5.95 Å². The van der Waals surface area contributed by atoms with Crippen LogP contribution in [0, 0.1) is 0 Å². The molecule has 2 N–H and O–H groups in total. The molecule has 35 heavy (non-hydrogen) atoms. The van der Waals surface area contributed by atoms with Crippen molar-refractivity contribution in [1.82, 2.24) is 15.2 Å². The molecule has 10 heteroatoms. The average molecular weight is 495 g/mol. The van der Waals surface area contributed by atoms with Gasteiger partial charge < -0.3 is 18.9 Å². The molecular formula is C25H23ClN4O5. The Bertz CT molecular complexity index is 1340. The van der Waals surface area contributed by atoms with Crippen LogP contribution in [0.1, 0.15) is 15.9 Å². The number of carbonyl (C=O) groups excluding carboxylic acids is 1. The minimum atomic E-state index is -0.409. The number of aromatic nitrogens is 3. The number of rotatable bonds is 9. The minimum Gasteiger partial charge on any atom is -0.497 e. The lowest BCUT2D eigenvalue weighted by atomic mass is 10.2. The van der Waals surface area contributed by atoms with Gasteiger partial charge in [-0.25, -0.2) is 0 Å². The summed E-state index contributed by atoms with van der Waals surface area (Å²) in [6.45, 7) is 0.260. The summed E-state index contributed by atoms with van der Waals surface area (Å²) >= 11 is 6.19. The van der Waals surface area contributed by atoms with E-state index in [1.807, 2.05) is 18.2 Å². The highest BCUT2D eigenvalue weighted by molar-refractivity contribution is 6.31. The predicted molar refractivity (Wildman–Crippen MR) is 132 cm³/mol. The van der Waals surface area contributed by atoms with Crippen molar-refractivity contribution in [3.05, 3.63) is 76.8 Å². The Balaban J connectivity index is 1.47. The highest BCUT2D eigenvalue weighted by Crippen LogP contribution is 2.32. The predicted octanol–water partition coefficient (Wildman–Crippen LogP) is 4.98. The molecule has 3 aromatic carbocycles. The first-order chi connectivity index (χ1) is 17.0. The molecule has 0 aliphatic rings. The van der Waals surface area contributed by atoms with Gasteiger partial charge >= 0.3 is 0 Å². The second kappa shape index (κ2) is 10.8. The zero-order chi connectivity index (χ0) is 24.8. The summed E-state index contributed by atoms with van der Waals surface area (Å²) in [5.74, 6) is 2.22. The van der Waals surface area contributed by atoms with E-state index >= 15 is 0 Å². The third-order valence-electron chi connectivity index (χ3n) is 5.14. The summed E-state index contributed by atoms with van der Waals surface area (Å²) in [6, 6.07) is 17.6. The summed E-state index contributed by atoms with van der Waals surface area (Å²) in [5.41, 5.74) is 1.86. The van der Waals surface area contributed by atoms with E-state index in [1.54, 1.807) is 56.7 Å². The summed E-state index contributed by atoms with van der Waals surface area (Å²) < 4.78 is 21.9. The summed E-state index contributed by atoms with van der Waals surface area (Å²) in [5, 5.41) is 10.2. The second-order valence-electron chi connectivity index (χ2n) is 7.27. The lowest BCUT2D eigenvalue weighted by molar-refractivity contribution is 0.102. The van der Waals surface area contributed by atoms with Crippen LogP contribution in [0.3, 0.4) is 0 Å². The number of benzene rings is 3. The molecule has 0 aliphatic carbocycles. The van der Waals surface area contributed by atoms with Gasteiger partial charge in [-0.3, -0.25) is 15.2 Å². The van der Waals surface area contributed by atoms with Crippen molar-refractivity contribution in [3.63, 3.8) is 0 Å². The summed E-state index contributed by atoms with van der Waals surface area (Å²) in [7, 11) is 4.62. The number of carbonyl (C=O) groups is 1. The van der Waals surface area contributed by atoms with Gasteiger partial charge in [0.05, 0.1) is 26.9 Å². The summed E-state index contributed by atoms with van der Waals surface area (Å²) in [6.07, 6.45) is 0. The maximum absolute atomic E-state index is 12.8. The van der Waals surface area contributed by atoms with E-state index in [1.165, 1.54) is 7.11 Å². The van der Waals surface area contributed by atoms with Gasteiger partial charge in [0.15, 0.2) is 17.3 Å². The van der Waals surface area contributed by atoms with E-state index in [9.17, 15) is 4.79 Å². The SMILES string of the molecule is COc1ccc(-c2nc(NC(=O)c3ccc(OCc4ccccc4Cl)c(OC)c3)n[nH]2)c(OC)c1. The van der Waals surface area contributed by atoms with Gasteiger partial charge in [0.1, 0.15) is 18.1 Å². The van der Waals surface area contributed by atoms with Gasteiger partial charge in [-0.15, -0.1) is 5.10 Å². The largest absolute Gasteiger partial charge is 0.497 e. The Morgan fingerprint density at radius 1 is 0.943 bits per heavy atom. The first-order valence-electron chi connectivity index (χ1n) is 10.5. The molecule has 0 spiro atoms. The Kier molecular flexibility index (Phi) is 7.37. The van der Waals surface area contributed by atoms with Crippen molar-refractivity contribution in [2.24, 2.45) is 0 Å². The third-order valence-corrected chi connectivity index (χ3v) is 5.51. The van der Waals surface area contributed by atoms with Crippen molar-refractivity contribution in [1.29, 1.82) is 0 Å². The van der Waals surface area contributed by atoms with E-state index in [4.69, 9.17) is 30.5 Å². The van der Waals surface area contributed by atoms with Crippen molar-refractivity contribution >= 4 is 23.5 Å². The fourth-order valence-electron chi connectivity index (χ4n) is 3.31. The highest BCUT2D eigenvalue weighted by atomic mass is 35.5. The molecule has 0 fully saturated rings. The van der Waals surface area contributed by atoms with Crippen LogP contribution in [-0.4, -0.2) is 42.4 Å². The molecule has 1 heterocycles. The maximum atomic E-state index is 12.8. The Hall–Kier alpha value is -4.24. The smallest absolute Gasteiger partial charge is 0.258 e. The Morgan fingerprint density at radius 3 is 2.49 bits per heavy atom. The number of nitrogens with zero attached hydrogens (tertiary/aromatic N) is 2. The monoisotopic (exact) mass is 494 g/mol. The quantitative estimate of drug-likeness (QED) is 0.338. The minimum absolute atomic E-state index is 0.112. The number of hydrogen-bond donors (Lipinski definition) is 2. The highest BCUT2D eigenvalue weighted by Gasteiger charge is 2.16. The molecule has 4 aromatic rings. The Labute approximate surface area is 207 Å². The molecule has 0 saturated heterocycles. The normalized spacial score (nSPS) is 10.5. The van der Waals surface area contributed by atoms with Crippen LogP contribution in [0.5, 0.6) is 23.0 Å². The topological polar surface area (TPSA) is 108 Å². The van der Waals surface area contributed by atoms with Crippen LogP contribution in [0.15, 0.2) is 60.7 Å². The number of methoxy groups -OCH3 is 3. The van der Waals surface area contributed by atoms with Gasteiger partial charge in [-0.05, 0) is 36.4 Å². The molecule has 0 bridgehead atoms. The molecule has 0 aliphatic heterocycles. The zero-order valence-corrected chi connectivity index (χ0v) is 20.1. The first-order valence-corrected chi connectivity index (χ1v) is 10.9. The number of amides is 1. The molecule has 1 amide bonds.